The highest BCUT2D eigenvalue weighted by Crippen LogP contribution is 2.24. The highest BCUT2D eigenvalue weighted by atomic mass is 35.5. The topological polar surface area (TPSA) is 64.4 Å². The zero-order valence-electron chi connectivity index (χ0n) is 18.4. The van der Waals surface area contributed by atoms with Gasteiger partial charge in [-0.3, -0.25) is 19.0 Å². The molecule has 1 aliphatic rings. The molecule has 1 aliphatic heterocycles. The summed E-state index contributed by atoms with van der Waals surface area (Å²) in [4.78, 5) is 26.8. The van der Waals surface area contributed by atoms with E-state index in [1.54, 1.807) is 42.2 Å². The molecule has 0 spiro atoms. The molecule has 0 unspecified atom stereocenters. The third-order valence-corrected chi connectivity index (χ3v) is 6.05. The summed E-state index contributed by atoms with van der Waals surface area (Å²) in [5.41, 5.74) is 2.54. The Morgan fingerprint density at radius 3 is 2.56 bits per heavy atom. The number of hydrogen-bond acceptors (Lipinski definition) is 4. The summed E-state index contributed by atoms with van der Waals surface area (Å²) in [7, 11) is 0. The second-order valence-electron chi connectivity index (χ2n) is 8.48. The van der Waals surface area contributed by atoms with E-state index >= 15 is 0 Å². The van der Waals surface area contributed by atoms with Crippen molar-refractivity contribution in [2.45, 2.75) is 32.7 Å². The summed E-state index contributed by atoms with van der Waals surface area (Å²) in [6, 6.07) is 10.4. The van der Waals surface area contributed by atoms with Gasteiger partial charge in [0.2, 0.25) is 0 Å². The number of hydrogen-bond donors (Lipinski definition) is 0. The number of aromatic nitrogens is 2. The average molecular weight is 494 g/mol. The van der Waals surface area contributed by atoms with Gasteiger partial charge in [-0.1, -0.05) is 11.6 Å². The van der Waals surface area contributed by atoms with Crippen molar-refractivity contribution in [1.82, 2.24) is 14.7 Å². The molecule has 0 aliphatic carbocycles. The van der Waals surface area contributed by atoms with Gasteiger partial charge in [0, 0.05) is 59.7 Å². The second-order valence-corrected chi connectivity index (χ2v) is 8.92. The first-order valence-electron chi connectivity index (χ1n) is 10.9. The SMILES string of the molecule is Cc1cc2nn(CC3CN(C(=O)c4ccc(Cl)cc4)C3)cc2cc1C(=O)CCCOC(F)(F)F. The molecule has 2 heterocycles. The summed E-state index contributed by atoms with van der Waals surface area (Å²) in [5, 5.41) is 5.95. The van der Waals surface area contributed by atoms with E-state index in [-0.39, 0.29) is 30.4 Å². The van der Waals surface area contributed by atoms with E-state index in [1.165, 1.54) is 0 Å². The molecule has 180 valence electrons. The van der Waals surface area contributed by atoms with E-state index in [2.05, 4.69) is 9.84 Å². The Balaban J connectivity index is 1.34. The van der Waals surface area contributed by atoms with Crippen molar-refractivity contribution in [3.63, 3.8) is 0 Å². The van der Waals surface area contributed by atoms with Gasteiger partial charge in [0.05, 0.1) is 12.1 Å². The predicted molar refractivity (Wildman–Crippen MR) is 121 cm³/mol. The number of halogens is 4. The molecule has 1 aromatic heterocycles. The number of ether oxygens (including phenoxy) is 1. The maximum absolute atomic E-state index is 12.5. The summed E-state index contributed by atoms with van der Waals surface area (Å²) < 4.78 is 41.8. The number of carbonyl (C=O) groups is 2. The molecule has 4 rings (SSSR count). The first kappa shape index (κ1) is 24.2. The highest BCUT2D eigenvalue weighted by Gasteiger charge is 2.32. The summed E-state index contributed by atoms with van der Waals surface area (Å²) in [5.74, 6) is 0.00706. The number of fused-ring (bicyclic) bond motifs is 1. The van der Waals surface area contributed by atoms with Crippen LogP contribution >= 0.6 is 11.6 Å². The largest absolute Gasteiger partial charge is 0.522 e. The Labute approximate surface area is 199 Å². The number of Topliss-reactive ketones (excluding diaryl/α,β-unsaturated/α-hetero) is 1. The quantitative estimate of drug-likeness (QED) is 0.317. The van der Waals surface area contributed by atoms with Crippen LogP contribution in [0.5, 0.6) is 0 Å². The van der Waals surface area contributed by atoms with Gasteiger partial charge in [-0.25, -0.2) is 0 Å². The van der Waals surface area contributed by atoms with Gasteiger partial charge in [0.1, 0.15) is 0 Å². The molecule has 1 saturated heterocycles. The van der Waals surface area contributed by atoms with Crippen molar-refractivity contribution in [1.29, 1.82) is 0 Å². The Morgan fingerprint density at radius 2 is 1.88 bits per heavy atom. The molecule has 6 nitrogen and oxygen atoms in total. The van der Waals surface area contributed by atoms with Crippen LogP contribution in [0.4, 0.5) is 13.2 Å². The normalized spacial score (nSPS) is 14.4. The molecule has 1 amide bonds. The van der Waals surface area contributed by atoms with Crippen molar-refractivity contribution in [2.24, 2.45) is 5.92 Å². The minimum absolute atomic E-state index is 0.0119. The fraction of sp³-hybridized carbons (Fsp3) is 0.375. The van der Waals surface area contributed by atoms with E-state index in [9.17, 15) is 22.8 Å². The lowest BCUT2D eigenvalue weighted by Crippen LogP contribution is -2.51. The van der Waals surface area contributed by atoms with Gasteiger partial charge in [-0.2, -0.15) is 5.10 Å². The monoisotopic (exact) mass is 493 g/mol. The minimum Gasteiger partial charge on any atom is -0.338 e. The lowest BCUT2D eigenvalue weighted by Gasteiger charge is -2.39. The second kappa shape index (κ2) is 9.76. The summed E-state index contributed by atoms with van der Waals surface area (Å²) in [6.07, 6.45) is -2.88. The van der Waals surface area contributed by atoms with Crippen molar-refractivity contribution >= 4 is 34.2 Å². The third-order valence-electron chi connectivity index (χ3n) is 5.79. The molecular weight excluding hydrogens is 471 g/mol. The Kier molecular flexibility index (Phi) is 6.95. The molecule has 3 aromatic rings. The number of likely N-dealkylation sites (tertiary alicyclic amines) is 1. The van der Waals surface area contributed by atoms with E-state index in [4.69, 9.17) is 11.6 Å². The average Bonchev–Trinajstić information content (AvgIpc) is 3.13. The molecule has 34 heavy (non-hydrogen) atoms. The van der Waals surface area contributed by atoms with E-state index in [1.807, 2.05) is 16.9 Å². The number of aryl methyl sites for hydroxylation is 1. The molecule has 0 bridgehead atoms. The van der Waals surface area contributed by atoms with Crippen LogP contribution in [0, 0.1) is 12.8 Å². The first-order valence-corrected chi connectivity index (χ1v) is 11.2. The van der Waals surface area contributed by atoms with Crippen molar-refractivity contribution in [2.75, 3.05) is 19.7 Å². The van der Waals surface area contributed by atoms with Gasteiger partial charge >= 0.3 is 6.36 Å². The number of alkyl halides is 3. The standard InChI is InChI=1S/C24H23ClF3N3O3/c1-15-9-21-18(10-20(15)22(32)3-2-8-34-24(26,27)28)14-31(29-21)13-16-11-30(12-16)23(33)17-4-6-19(25)7-5-17/h4-7,9-10,14,16H,2-3,8,11-13H2,1H3. The zero-order chi connectivity index (χ0) is 24.5. The van der Waals surface area contributed by atoms with E-state index in [0.29, 0.717) is 35.8 Å². The number of benzene rings is 2. The molecule has 0 saturated carbocycles. The van der Waals surface area contributed by atoms with Crippen molar-refractivity contribution < 1.29 is 27.5 Å². The fourth-order valence-corrected chi connectivity index (χ4v) is 4.19. The fourth-order valence-electron chi connectivity index (χ4n) is 4.07. The number of carbonyl (C=O) groups excluding carboxylic acids is 2. The number of nitrogens with zero attached hydrogens (tertiary/aromatic N) is 3. The molecular formula is C24H23ClF3N3O3. The van der Waals surface area contributed by atoms with E-state index in [0.717, 1.165) is 16.5 Å². The van der Waals surface area contributed by atoms with Crippen LogP contribution < -0.4 is 0 Å². The van der Waals surface area contributed by atoms with E-state index < -0.39 is 13.0 Å². The first-order chi connectivity index (χ1) is 16.1. The number of amides is 1. The van der Waals surface area contributed by atoms with Crippen molar-refractivity contribution in [3.8, 4) is 0 Å². The number of ketones is 1. The van der Waals surface area contributed by atoms with Crippen LogP contribution in [0.2, 0.25) is 5.02 Å². The maximum atomic E-state index is 12.5. The molecule has 10 heteroatoms. The highest BCUT2D eigenvalue weighted by molar-refractivity contribution is 6.30. The number of rotatable bonds is 8. The van der Waals surface area contributed by atoms with Gasteiger partial charge < -0.3 is 4.90 Å². The Hall–Kier alpha value is -2.91. The predicted octanol–water partition coefficient (Wildman–Crippen LogP) is 5.27. The smallest absolute Gasteiger partial charge is 0.338 e. The minimum atomic E-state index is -4.69. The van der Waals surface area contributed by atoms with Gasteiger partial charge in [-0.15, -0.1) is 13.2 Å². The molecule has 1 fully saturated rings. The van der Waals surface area contributed by atoms with Crippen molar-refractivity contribution in [3.05, 3.63) is 64.3 Å². The lowest BCUT2D eigenvalue weighted by atomic mass is 9.98. The maximum Gasteiger partial charge on any atom is 0.522 e. The molecule has 0 N–H and O–H groups in total. The Morgan fingerprint density at radius 1 is 1.18 bits per heavy atom. The lowest BCUT2D eigenvalue weighted by molar-refractivity contribution is -0.324. The van der Waals surface area contributed by atoms with Gasteiger partial charge in [0.15, 0.2) is 5.78 Å². The molecule has 2 aromatic carbocycles. The van der Waals surface area contributed by atoms with Gasteiger partial charge in [-0.05, 0) is 55.3 Å². The molecule has 0 atom stereocenters. The third kappa shape index (κ3) is 5.77. The Bertz CT molecular complexity index is 1200. The van der Waals surface area contributed by atoms with Gasteiger partial charge in [0.25, 0.3) is 5.91 Å². The van der Waals surface area contributed by atoms with Crippen LogP contribution in [0.15, 0.2) is 42.6 Å². The van der Waals surface area contributed by atoms with Crippen LogP contribution in [0.1, 0.15) is 39.1 Å². The van der Waals surface area contributed by atoms with Crippen LogP contribution in [0.25, 0.3) is 10.9 Å². The summed E-state index contributed by atoms with van der Waals surface area (Å²) in [6.45, 7) is 3.12. The van der Waals surface area contributed by atoms with Crippen LogP contribution in [-0.4, -0.2) is 52.4 Å². The zero-order valence-corrected chi connectivity index (χ0v) is 19.2. The van der Waals surface area contributed by atoms with Crippen LogP contribution in [0.3, 0.4) is 0 Å². The summed E-state index contributed by atoms with van der Waals surface area (Å²) >= 11 is 5.88. The molecule has 0 radical (unpaired) electrons. The van der Waals surface area contributed by atoms with Crippen LogP contribution in [-0.2, 0) is 11.3 Å².